The first-order valence-electron chi connectivity index (χ1n) is 5.86. The molecule has 0 aliphatic rings. The van der Waals surface area contributed by atoms with E-state index in [0.717, 1.165) is 0 Å². The molecule has 8 heteroatoms. The van der Waals surface area contributed by atoms with Gasteiger partial charge in [0.2, 0.25) is 5.91 Å². The Labute approximate surface area is 135 Å². The van der Waals surface area contributed by atoms with E-state index >= 15 is 0 Å². The van der Waals surface area contributed by atoms with Gasteiger partial charge in [-0.1, -0.05) is 23.2 Å². The summed E-state index contributed by atoms with van der Waals surface area (Å²) in [6.07, 6.45) is 0. The molecule has 0 fully saturated rings. The molecule has 2 aromatic rings. The molecule has 0 saturated carbocycles. The number of halogens is 2. The zero-order valence-electron chi connectivity index (χ0n) is 11.0. The van der Waals surface area contributed by atoms with Gasteiger partial charge < -0.3 is 10.2 Å². The molecule has 1 aromatic carbocycles. The van der Waals surface area contributed by atoms with E-state index < -0.39 is 0 Å². The Morgan fingerprint density at radius 1 is 1.33 bits per heavy atom. The average Bonchev–Trinajstić information content (AvgIpc) is 2.96. The van der Waals surface area contributed by atoms with Crippen LogP contribution in [-0.4, -0.2) is 35.3 Å². The number of carbonyl (C=O) groups excluding carboxylic acids is 2. The van der Waals surface area contributed by atoms with Crippen molar-refractivity contribution in [2.45, 2.75) is 0 Å². The summed E-state index contributed by atoms with van der Waals surface area (Å²) in [7, 11) is 1.54. The number of hydrogen-bond acceptors (Lipinski definition) is 4. The van der Waals surface area contributed by atoms with Crippen LogP contribution in [0.4, 0.5) is 5.69 Å². The third kappa shape index (κ3) is 4.17. The fourth-order valence-corrected chi connectivity index (χ4v) is 2.40. The second-order valence-electron chi connectivity index (χ2n) is 4.21. The minimum absolute atomic E-state index is 0.0867. The van der Waals surface area contributed by atoms with Gasteiger partial charge in [-0.05, 0) is 18.2 Å². The van der Waals surface area contributed by atoms with Crippen molar-refractivity contribution in [3.63, 3.8) is 0 Å². The third-order valence-corrected chi connectivity index (χ3v) is 3.91. The van der Waals surface area contributed by atoms with Gasteiger partial charge in [0.1, 0.15) is 5.69 Å². The van der Waals surface area contributed by atoms with Gasteiger partial charge in [-0.15, -0.1) is 11.3 Å². The topological polar surface area (TPSA) is 62.3 Å². The summed E-state index contributed by atoms with van der Waals surface area (Å²) in [6, 6.07) is 4.77. The van der Waals surface area contributed by atoms with E-state index in [9.17, 15) is 9.59 Å². The van der Waals surface area contributed by atoms with E-state index in [1.165, 1.54) is 23.3 Å². The van der Waals surface area contributed by atoms with Crippen molar-refractivity contribution in [1.29, 1.82) is 0 Å². The van der Waals surface area contributed by atoms with Gasteiger partial charge in [0, 0.05) is 18.1 Å². The van der Waals surface area contributed by atoms with Crippen LogP contribution in [0.15, 0.2) is 29.1 Å². The number of nitrogens with zero attached hydrogens (tertiary/aromatic N) is 2. The molecule has 5 nitrogen and oxygen atoms in total. The van der Waals surface area contributed by atoms with Gasteiger partial charge in [-0.25, -0.2) is 4.98 Å². The Balaban J connectivity index is 1.95. The predicted octanol–water partition coefficient (Wildman–Crippen LogP) is 3.16. The van der Waals surface area contributed by atoms with E-state index in [1.807, 2.05) is 0 Å². The van der Waals surface area contributed by atoms with Crippen molar-refractivity contribution in [2.24, 2.45) is 0 Å². The molecule has 0 aliphatic heterocycles. The van der Waals surface area contributed by atoms with E-state index in [-0.39, 0.29) is 18.4 Å². The third-order valence-electron chi connectivity index (χ3n) is 2.58. The number of hydrogen-bond donors (Lipinski definition) is 1. The van der Waals surface area contributed by atoms with Gasteiger partial charge in [0.05, 0.1) is 22.1 Å². The van der Waals surface area contributed by atoms with Crippen molar-refractivity contribution >= 4 is 52.0 Å². The van der Waals surface area contributed by atoms with Crippen molar-refractivity contribution in [3.8, 4) is 0 Å². The molecule has 21 heavy (non-hydrogen) atoms. The summed E-state index contributed by atoms with van der Waals surface area (Å²) in [4.78, 5) is 29.0. The molecule has 1 N–H and O–H groups in total. The molecule has 0 saturated heterocycles. The summed E-state index contributed by atoms with van der Waals surface area (Å²) in [5.41, 5.74) is 2.41. The number of carbonyl (C=O) groups is 2. The molecule has 110 valence electrons. The molecule has 0 aliphatic carbocycles. The largest absolute Gasteiger partial charge is 0.331 e. The maximum absolute atomic E-state index is 11.9. The quantitative estimate of drug-likeness (QED) is 0.927. The summed E-state index contributed by atoms with van der Waals surface area (Å²) in [6.45, 7) is -0.0867. The van der Waals surface area contributed by atoms with Crippen LogP contribution >= 0.6 is 34.5 Å². The molecule has 2 rings (SSSR count). The first-order chi connectivity index (χ1) is 9.97. The number of likely N-dealkylation sites (N-methyl/N-ethyl adjacent to an activating group) is 1. The molecule has 0 atom stereocenters. The van der Waals surface area contributed by atoms with Crippen LogP contribution in [0.25, 0.3) is 0 Å². The Bertz CT molecular complexity index is 661. The highest BCUT2D eigenvalue weighted by Gasteiger charge is 2.16. The monoisotopic (exact) mass is 343 g/mol. The lowest BCUT2D eigenvalue weighted by molar-refractivity contribution is -0.116. The summed E-state index contributed by atoms with van der Waals surface area (Å²) >= 11 is 13.0. The fraction of sp³-hybridized carbons (Fsp3) is 0.154. The summed E-state index contributed by atoms with van der Waals surface area (Å²) in [5.74, 6) is -0.639. The highest BCUT2D eigenvalue weighted by atomic mass is 35.5. The van der Waals surface area contributed by atoms with Gasteiger partial charge in [0.15, 0.2) is 0 Å². The number of thiazole rings is 1. The first kappa shape index (κ1) is 15.8. The van der Waals surface area contributed by atoms with Crippen LogP contribution < -0.4 is 5.32 Å². The van der Waals surface area contributed by atoms with E-state index in [2.05, 4.69) is 10.3 Å². The number of aromatic nitrogens is 1. The fourth-order valence-electron chi connectivity index (χ4n) is 1.58. The maximum Gasteiger partial charge on any atom is 0.273 e. The lowest BCUT2D eigenvalue weighted by Gasteiger charge is -2.15. The number of anilines is 1. The molecular formula is C13H11Cl2N3O2S. The zero-order valence-corrected chi connectivity index (χ0v) is 13.3. The van der Waals surface area contributed by atoms with E-state index in [1.54, 1.807) is 29.1 Å². The molecular weight excluding hydrogens is 333 g/mol. The highest BCUT2D eigenvalue weighted by Crippen LogP contribution is 2.24. The Hall–Kier alpha value is -1.63. The van der Waals surface area contributed by atoms with E-state index in [4.69, 9.17) is 23.2 Å². The predicted molar refractivity (Wildman–Crippen MR) is 84.2 cm³/mol. The van der Waals surface area contributed by atoms with Crippen molar-refractivity contribution in [3.05, 3.63) is 44.8 Å². The second-order valence-corrected chi connectivity index (χ2v) is 5.75. The Morgan fingerprint density at radius 2 is 2.10 bits per heavy atom. The highest BCUT2D eigenvalue weighted by molar-refractivity contribution is 7.07. The normalized spacial score (nSPS) is 10.2. The summed E-state index contributed by atoms with van der Waals surface area (Å²) in [5, 5.41) is 5.04. The van der Waals surface area contributed by atoms with Crippen molar-refractivity contribution in [2.75, 3.05) is 18.9 Å². The molecule has 1 aromatic heterocycles. The van der Waals surface area contributed by atoms with Gasteiger partial charge in [-0.2, -0.15) is 0 Å². The van der Waals surface area contributed by atoms with Crippen LogP contribution in [0.2, 0.25) is 10.0 Å². The second kappa shape index (κ2) is 6.89. The zero-order chi connectivity index (χ0) is 15.4. The van der Waals surface area contributed by atoms with Gasteiger partial charge in [-0.3, -0.25) is 9.59 Å². The lowest BCUT2D eigenvalue weighted by Crippen LogP contribution is -2.35. The van der Waals surface area contributed by atoms with Crippen LogP contribution in [0.3, 0.4) is 0 Å². The first-order valence-corrected chi connectivity index (χ1v) is 7.56. The SMILES string of the molecule is CN(CC(=O)Nc1ccc(Cl)c(Cl)c1)C(=O)c1cscn1. The number of rotatable bonds is 4. The molecule has 0 bridgehead atoms. The standard InChI is InChI=1S/C13H11Cl2N3O2S/c1-18(13(20)11-6-21-7-16-11)5-12(19)17-8-2-3-9(14)10(15)4-8/h2-4,6-7H,5H2,1H3,(H,17,19). The Kier molecular flexibility index (Phi) is 5.17. The van der Waals surface area contributed by atoms with Crippen molar-refractivity contribution < 1.29 is 9.59 Å². The lowest BCUT2D eigenvalue weighted by atomic mass is 10.3. The van der Waals surface area contributed by atoms with Crippen molar-refractivity contribution in [1.82, 2.24) is 9.88 Å². The van der Waals surface area contributed by atoms with E-state index in [0.29, 0.717) is 21.4 Å². The molecule has 0 radical (unpaired) electrons. The Morgan fingerprint density at radius 3 is 2.71 bits per heavy atom. The molecule has 0 spiro atoms. The van der Waals surface area contributed by atoms with Crippen LogP contribution in [0.1, 0.15) is 10.5 Å². The van der Waals surface area contributed by atoms with Crippen LogP contribution in [-0.2, 0) is 4.79 Å². The summed E-state index contributed by atoms with van der Waals surface area (Å²) < 4.78 is 0. The molecule has 1 heterocycles. The van der Waals surface area contributed by atoms with Gasteiger partial charge >= 0.3 is 0 Å². The van der Waals surface area contributed by atoms with Gasteiger partial charge in [0.25, 0.3) is 5.91 Å². The molecule has 0 unspecified atom stereocenters. The minimum atomic E-state index is -0.334. The average molecular weight is 344 g/mol. The number of amides is 2. The minimum Gasteiger partial charge on any atom is -0.331 e. The van der Waals surface area contributed by atoms with Crippen LogP contribution in [0, 0.1) is 0 Å². The molecule has 2 amide bonds. The smallest absolute Gasteiger partial charge is 0.273 e. The number of benzene rings is 1. The van der Waals surface area contributed by atoms with Crippen LogP contribution in [0.5, 0.6) is 0 Å². The number of nitrogens with one attached hydrogen (secondary N) is 1. The maximum atomic E-state index is 11.9.